The standard InChI is InChI=1S/C6H4N5/c7-9-6-5-4(10-11-6)2-1-3-8-5/h1-3H,(H,10,11)/q+1. The lowest BCUT2D eigenvalue weighted by atomic mass is 10.4. The molecular weight excluding hydrogens is 142 g/mol. The summed E-state index contributed by atoms with van der Waals surface area (Å²) in [6, 6.07) is 3.59. The van der Waals surface area contributed by atoms with Crippen LogP contribution in [0.3, 0.4) is 0 Å². The molecule has 0 amide bonds. The van der Waals surface area contributed by atoms with Crippen LogP contribution in [0.5, 0.6) is 0 Å². The summed E-state index contributed by atoms with van der Waals surface area (Å²) in [6.07, 6.45) is 1.62. The van der Waals surface area contributed by atoms with Crippen LogP contribution in [0.1, 0.15) is 0 Å². The van der Waals surface area contributed by atoms with Gasteiger partial charge in [-0.2, -0.15) is 5.10 Å². The fourth-order valence-corrected chi connectivity index (χ4v) is 0.910. The van der Waals surface area contributed by atoms with Gasteiger partial charge < -0.3 is 0 Å². The van der Waals surface area contributed by atoms with E-state index in [1.54, 1.807) is 12.3 Å². The average molecular weight is 146 g/mol. The van der Waals surface area contributed by atoms with Crippen molar-refractivity contribution in [2.45, 2.75) is 0 Å². The third-order valence-corrected chi connectivity index (χ3v) is 1.40. The highest BCUT2D eigenvalue weighted by molar-refractivity contribution is 5.85. The van der Waals surface area contributed by atoms with Gasteiger partial charge in [0.2, 0.25) is 5.52 Å². The summed E-state index contributed by atoms with van der Waals surface area (Å²) in [6.45, 7) is 0. The Hall–Kier alpha value is -1.96. The number of nitrogens with zero attached hydrogens (tertiary/aromatic N) is 4. The molecule has 2 heterocycles. The van der Waals surface area contributed by atoms with Crippen LogP contribution in [-0.4, -0.2) is 15.2 Å². The van der Waals surface area contributed by atoms with E-state index in [1.165, 1.54) is 0 Å². The summed E-state index contributed by atoms with van der Waals surface area (Å²) in [5.41, 5.74) is 1.34. The quantitative estimate of drug-likeness (QED) is 0.571. The number of hydrogen-bond donors (Lipinski definition) is 1. The van der Waals surface area contributed by atoms with E-state index in [0.717, 1.165) is 5.52 Å². The summed E-state index contributed by atoms with van der Waals surface area (Å²) in [4.78, 5) is 6.92. The minimum absolute atomic E-state index is 0.223. The SMILES string of the molecule is N#[N+]c1n[nH]c2cccnc12. The molecule has 2 aromatic heterocycles. The molecule has 1 N–H and O–H groups in total. The van der Waals surface area contributed by atoms with Crippen molar-refractivity contribution < 1.29 is 0 Å². The van der Waals surface area contributed by atoms with E-state index < -0.39 is 0 Å². The predicted octanol–water partition coefficient (Wildman–Crippen LogP) is 1.44. The Morgan fingerprint density at radius 2 is 2.45 bits per heavy atom. The van der Waals surface area contributed by atoms with Crippen molar-refractivity contribution in [1.82, 2.24) is 15.2 Å². The molecule has 5 heteroatoms. The Bertz CT molecular complexity index is 424. The second kappa shape index (κ2) is 2.02. The van der Waals surface area contributed by atoms with Gasteiger partial charge in [-0.05, 0) is 12.1 Å². The molecule has 0 aliphatic heterocycles. The Morgan fingerprint density at radius 1 is 1.55 bits per heavy atom. The van der Waals surface area contributed by atoms with Crippen molar-refractivity contribution in [2.24, 2.45) is 0 Å². The topological polar surface area (TPSA) is 69.7 Å². The van der Waals surface area contributed by atoms with Crippen molar-refractivity contribution in [3.63, 3.8) is 0 Å². The van der Waals surface area contributed by atoms with Gasteiger partial charge in [-0.15, -0.1) is 0 Å². The van der Waals surface area contributed by atoms with E-state index in [2.05, 4.69) is 20.2 Å². The number of aromatic nitrogens is 3. The second-order valence-electron chi connectivity index (χ2n) is 2.05. The Balaban J connectivity index is 2.89. The molecule has 52 valence electrons. The van der Waals surface area contributed by atoms with E-state index in [9.17, 15) is 0 Å². The van der Waals surface area contributed by atoms with Crippen LogP contribution in [0.2, 0.25) is 0 Å². The van der Waals surface area contributed by atoms with Crippen LogP contribution in [0.25, 0.3) is 16.0 Å². The van der Waals surface area contributed by atoms with Gasteiger partial charge in [0.15, 0.2) is 0 Å². The molecule has 0 saturated carbocycles. The van der Waals surface area contributed by atoms with Crippen LogP contribution < -0.4 is 0 Å². The van der Waals surface area contributed by atoms with Crippen molar-refractivity contribution in [2.75, 3.05) is 0 Å². The first-order valence-electron chi connectivity index (χ1n) is 3.06. The Kier molecular flexibility index (Phi) is 1.07. The monoisotopic (exact) mass is 146 g/mol. The van der Waals surface area contributed by atoms with Crippen molar-refractivity contribution in [3.8, 4) is 0 Å². The third-order valence-electron chi connectivity index (χ3n) is 1.40. The molecule has 2 rings (SSSR count). The highest BCUT2D eigenvalue weighted by Crippen LogP contribution is 2.18. The van der Waals surface area contributed by atoms with Crippen LogP contribution in [0.15, 0.2) is 18.3 Å². The summed E-state index contributed by atoms with van der Waals surface area (Å²) in [7, 11) is 0. The number of rotatable bonds is 0. The maximum absolute atomic E-state index is 8.43. The van der Waals surface area contributed by atoms with Crippen molar-refractivity contribution >= 4 is 16.9 Å². The fraction of sp³-hybridized carbons (Fsp3) is 0. The molecule has 0 fully saturated rings. The fourth-order valence-electron chi connectivity index (χ4n) is 0.910. The molecule has 2 aromatic rings. The first-order valence-corrected chi connectivity index (χ1v) is 3.06. The maximum Gasteiger partial charge on any atom is 0.513 e. The van der Waals surface area contributed by atoms with Crippen LogP contribution >= 0.6 is 0 Å². The number of nitrogens with one attached hydrogen (secondary N) is 1. The normalized spacial score (nSPS) is 9.73. The van der Waals surface area contributed by atoms with Gasteiger partial charge >= 0.3 is 5.82 Å². The van der Waals surface area contributed by atoms with Gasteiger partial charge in [0, 0.05) is 11.2 Å². The van der Waals surface area contributed by atoms with E-state index in [0.29, 0.717) is 5.52 Å². The summed E-state index contributed by atoms with van der Waals surface area (Å²) < 4.78 is 0. The molecule has 0 aromatic carbocycles. The van der Waals surface area contributed by atoms with Gasteiger partial charge in [0.25, 0.3) is 0 Å². The lowest BCUT2D eigenvalue weighted by Crippen LogP contribution is -1.70. The van der Waals surface area contributed by atoms with Crippen LogP contribution in [0, 0.1) is 5.39 Å². The van der Waals surface area contributed by atoms with E-state index in [4.69, 9.17) is 5.39 Å². The zero-order chi connectivity index (χ0) is 7.68. The molecule has 0 spiro atoms. The molecule has 5 nitrogen and oxygen atoms in total. The Labute approximate surface area is 61.7 Å². The highest BCUT2D eigenvalue weighted by atomic mass is 15.2. The predicted molar refractivity (Wildman–Crippen MR) is 38.6 cm³/mol. The average Bonchev–Trinajstić information content (AvgIpc) is 2.47. The smallest absolute Gasteiger partial charge is 0.245 e. The molecule has 11 heavy (non-hydrogen) atoms. The zero-order valence-electron chi connectivity index (χ0n) is 5.52. The molecule has 0 unspecified atom stereocenters. The molecule has 0 radical (unpaired) electrons. The summed E-state index contributed by atoms with van der Waals surface area (Å²) in [5.74, 6) is 0.223. The van der Waals surface area contributed by atoms with Crippen molar-refractivity contribution in [1.29, 1.82) is 5.39 Å². The summed E-state index contributed by atoms with van der Waals surface area (Å²) >= 11 is 0. The molecule has 0 bridgehead atoms. The second-order valence-corrected chi connectivity index (χ2v) is 2.05. The summed E-state index contributed by atoms with van der Waals surface area (Å²) in [5, 5.41) is 14.8. The van der Waals surface area contributed by atoms with E-state index in [-0.39, 0.29) is 5.82 Å². The van der Waals surface area contributed by atoms with E-state index >= 15 is 0 Å². The van der Waals surface area contributed by atoms with Crippen LogP contribution in [0.4, 0.5) is 5.82 Å². The molecule has 0 saturated heterocycles. The van der Waals surface area contributed by atoms with Gasteiger partial charge in [0.05, 0.1) is 10.5 Å². The number of fused-ring (bicyclic) bond motifs is 1. The van der Waals surface area contributed by atoms with E-state index in [1.807, 2.05) is 6.07 Å². The number of hydrogen-bond acceptors (Lipinski definition) is 3. The largest absolute Gasteiger partial charge is 0.513 e. The molecule has 0 aliphatic carbocycles. The van der Waals surface area contributed by atoms with Crippen LogP contribution in [-0.2, 0) is 0 Å². The third kappa shape index (κ3) is 0.730. The lowest BCUT2D eigenvalue weighted by molar-refractivity contribution is 1.13. The first-order chi connectivity index (χ1) is 5.42. The highest BCUT2D eigenvalue weighted by Gasteiger charge is 2.16. The molecule has 0 aliphatic rings. The maximum atomic E-state index is 8.43. The van der Waals surface area contributed by atoms with Gasteiger partial charge in [0.1, 0.15) is 5.52 Å². The lowest BCUT2D eigenvalue weighted by Gasteiger charge is -1.78. The zero-order valence-corrected chi connectivity index (χ0v) is 5.52. The van der Waals surface area contributed by atoms with Gasteiger partial charge in [-0.1, -0.05) is 0 Å². The Morgan fingerprint density at radius 3 is 3.27 bits per heavy atom. The molecular formula is C6H4N5+. The first kappa shape index (κ1) is 5.80. The van der Waals surface area contributed by atoms with Gasteiger partial charge in [-0.25, -0.2) is 4.98 Å². The van der Waals surface area contributed by atoms with Crippen molar-refractivity contribution in [3.05, 3.63) is 23.3 Å². The number of aromatic amines is 1. The number of H-pyrrole nitrogens is 1. The van der Waals surface area contributed by atoms with Gasteiger partial charge in [-0.3, -0.25) is 0 Å². The molecule has 0 atom stereocenters. The minimum atomic E-state index is 0.223. The minimum Gasteiger partial charge on any atom is -0.245 e. The number of pyridine rings is 1. The number of diazo groups is 1.